The third-order valence-corrected chi connectivity index (χ3v) is 4.52. The van der Waals surface area contributed by atoms with Crippen LogP contribution in [-0.4, -0.2) is 55.2 Å². The molecular formula is C20H24FN3O2. The van der Waals surface area contributed by atoms with E-state index in [0.717, 1.165) is 30.9 Å². The number of amides is 2. The molecule has 138 valence electrons. The lowest BCUT2D eigenvalue weighted by Crippen LogP contribution is -2.50. The Morgan fingerprint density at radius 3 is 2.58 bits per heavy atom. The molecule has 1 aliphatic rings. The van der Waals surface area contributed by atoms with Gasteiger partial charge in [0.05, 0.1) is 0 Å². The number of carbonyl (C=O) groups excluding carboxylic acids is 1. The normalized spacial score (nSPS) is 14.9. The predicted molar refractivity (Wildman–Crippen MR) is 100 cm³/mol. The van der Waals surface area contributed by atoms with Gasteiger partial charge in [-0.2, -0.15) is 0 Å². The topological polar surface area (TPSA) is 44.8 Å². The first-order valence-electron chi connectivity index (χ1n) is 8.84. The van der Waals surface area contributed by atoms with Crippen molar-refractivity contribution in [3.05, 3.63) is 59.9 Å². The Kier molecular flexibility index (Phi) is 6.07. The van der Waals surface area contributed by atoms with Crippen LogP contribution in [0.2, 0.25) is 0 Å². The standard InChI is InChI=1S/C20H24FN3O2/c1-16-7-8-17(21)15-19(16)22-20(25)24-11-9-23(10-12-24)13-14-26-18-5-3-2-4-6-18/h2-8,15H,9-14H2,1H3,(H,22,25). The number of rotatable bonds is 5. The highest BCUT2D eigenvalue weighted by molar-refractivity contribution is 5.90. The van der Waals surface area contributed by atoms with E-state index >= 15 is 0 Å². The van der Waals surface area contributed by atoms with Gasteiger partial charge in [0.2, 0.25) is 0 Å². The molecule has 2 aromatic rings. The van der Waals surface area contributed by atoms with E-state index in [1.165, 1.54) is 12.1 Å². The fraction of sp³-hybridized carbons (Fsp3) is 0.350. The number of carbonyl (C=O) groups is 1. The molecule has 0 atom stereocenters. The molecule has 6 heteroatoms. The highest BCUT2D eigenvalue weighted by Gasteiger charge is 2.21. The molecule has 1 aliphatic heterocycles. The predicted octanol–water partition coefficient (Wildman–Crippen LogP) is 3.36. The lowest BCUT2D eigenvalue weighted by molar-refractivity contribution is 0.132. The van der Waals surface area contributed by atoms with E-state index in [2.05, 4.69) is 10.2 Å². The zero-order valence-electron chi connectivity index (χ0n) is 15.0. The van der Waals surface area contributed by atoms with Gasteiger partial charge < -0.3 is 15.0 Å². The van der Waals surface area contributed by atoms with E-state index in [9.17, 15) is 9.18 Å². The van der Waals surface area contributed by atoms with Crippen molar-refractivity contribution in [1.29, 1.82) is 0 Å². The van der Waals surface area contributed by atoms with E-state index in [1.54, 1.807) is 11.0 Å². The SMILES string of the molecule is Cc1ccc(F)cc1NC(=O)N1CCN(CCOc2ccccc2)CC1. The number of para-hydroxylation sites is 1. The van der Waals surface area contributed by atoms with Crippen molar-refractivity contribution in [3.63, 3.8) is 0 Å². The molecular weight excluding hydrogens is 333 g/mol. The molecule has 1 saturated heterocycles. The molecule has 0 spiro atoms. The van der Waals surface area contributed by atoms with Crippen LogP contribution in [0.5, 0.6) is 5.75 Å². The lowest BCUT2D eigenvalue weighted by Gasteiger charge is -2.34. The molecule has 0 unspecified atom stereocenters. The molecule has 1 N–H and O–H groups in total. The summed E-state index contributed by atoms with van der Waals surface area (Å²) in [7, 11) is 0. The number of aryl methyl sites for hydroxylation is 1. The molecule has 5 nitrogen and oxygen atoms in total. The Bertz CT molecular complexity index is 731. The maximum atomic E-state index is 13.3. The average molecular weight is 357 g/mol. The maximum Gasteiger partial charge on any atom is 0.321 e. The van der Waals surface area contributed by atoms with Crippen LogP contribution in [0.3, 0.4) is 0 Å². The quantitative estimate of drug-likeness (QED) is 0.892. The van der Waals surface area contributed by atoms with Crippen molar-refractivity contribution < 1.29 is 13.9 Å². The molecule has 1 heterocycles. The molecule has 0 bridgehead atoms. The van der Waals surface area contributed by atoms with E-state index in [0.29, 0.717) is 25.4 Å². The van der Waals surface area contributed by atoms with Crippen molar-refractivity contribution >= 4 is 11.7 Å². The molecule has 26 heavy (non-hydrogen) atoms. The van der Waals surface area contributed by atoms with Crippen molar-refractivity contribution in [2.75, 3.05) is 44.6 Å². The van der Waals surface area contributed by atoms with E-state index < -0.39 is 0 Å². The van der Waals surface area contributed by atoms with E-state index in [1.807, 2.05) is 37.3 Å². The van der Waals surface area contributed by atoms with Crippen LogP contribution in [-0.2, 0) is 0 Å². The summed E-state index contributed by atoms with van der Waals surface area (Å²) in [5, 5.41) is 2.80. The Morgan fingerprint density at radius 1 is 1.12 bits per heavy atom. The second-order valence-corrected chi connectivity index (χ2v) is 6.38. The highest BCUT2D eigenvalue weighted by atomic mass is 19.1. The molecule has 3 rings (SSSR count). The summed E-state index contributed by atoms with van der Waals surface area (Å²) in [6, 6.07) is 14.0. The fourth-order valence-electron chi connectivity index (χ4n) is 2.91. The number of halogens is 1. The fourth-order valence-corrected chi connectivity index (χ4v) is 2.91. The van der Waals surface area contributed by atoms with Crippen molar-refractivity contribution in [2.45, 2.75) is 6.92 Å². The maximum absolute atomic E-state index is 13.3. The third kappa shape index (κ3) is 4.95. The zero-order valence-corrected chi connectivity index (χ0v) is 15.0. The number of hydrogen-bond acceptors (Lipinski definition) is 3. The van der Waals surface area contributed by atoms with Crippen LogP contribution >= 0.6 is 0 Å². The zero-order chi connectivity index (χ0) is 18.4. The molecule has 2 aromatic carbocycles. The minimum absolute atomic E-state index is 0.182. The number of nitrogens with one attached hydrogen (secondary N) is 1. The van der Waals surface area contributed by atoms with Crippen molar-refractivity contribution in [1.82, 2.24) is 9.80 Å². The van der Waals surface area contributed by atoms with Gasteiger partial charge in [-0.05, 0) is 36.8 Å². The van der Waals surface area contributed by atoms with Crippen LogP contribution in [0.4, 0.5) is 14.9 Å². The summed E-state index contributed by atoms with van der Waals surface area (Å²) in [5.41, 5.74) is 1.37. The molecule has 2 amide bonds. The number of nitrogens with zero attached hydrogens (tertiary/aromatic N) is 2. The summed E-state index contributed by atoms with van der Waals surface area (Å²) in [6.45, 7) is 6.18. The Hall–Kier alpha value is -2.60. The number of ether oxygens (including phenoxy) is 1. The van der Waals surface area contributed by atoms with Gasteiger partial charge in [0.1, 0.15) is 18.2 Å². The first kappa shape index (κ1) is 18.2. The average Bonchev–Trinajstić information content (AvgIpc) is 2.66. The summed E-state index contributed by atoms with van der Waals surface area (Å²) < 4.78 is 19.1. The molecule has 0 aliphatic carbocycles. The largest absolute Gasteiger partial charge is 0.492 e. The number of piperazine rings is 1. The van der Waals surface area contributed by atoms with Gasteiger partial charge in [0.15, 0.2) is 0 Å². The van der Waals surface area contributed by atoms with Crippen LogP contribution in [0.15, 0.2) is 48.5 Å². The number of benzene rings is 2. The van der Waals surface area contributed by atoms with Gasteiger partial charge in [-0.15, -0.1) is 0 Å². The second-order valence-electron chi connectivity index (χ2n) is 6.38. The molecule has 1 fully saturated rings. The summed E-state index contributed by atoms with van der Waals surface area (Å²) >= 11 is 0. The van der Waals surface area contributed by atoms with Crippen LogP contribution < -0.4 is 10.1 Å². The highest BCUT2D eigenvalue weighted by Crippen LogP contribution is 2.17. The molecule has 0 aromatic heterocycles. The first-order chi connectivity index (χ1) is 12.6. The van der Waals surface area contributed by atoms with E-state index in [4.69, 9.17) is 4.74 Å². The van der Waals surface area contributed by atoms with Crippen LogP contribution in [0.25, 0.3) is 0 Å². The Morgan fingerprint density at radius 2 is 1.85 bits per heavy atom. The minimum Gasteiger partial charge on any atom is -0.492 e. The van der Waals surface area contributed by atoms with Gasteiger partial charge in [-0.25, -0.2) is 9.18 Å². The van der Waals surface area contributed by atoms with Crippen LogP contribution in [0.1, 0.15) is 5.56 Å². The van der Waals surface area contributed by atoms with Gasteiger partial charge in [-0.1, -0.05) is 24.3 Å². The lowest BCUT2D eigenvalue weighted by atomic mass is 10.2. The summed E-state index contributed by atoms with van der Waals surface area (Å²) in [4.78, 5) is 16.4. The monoisotopic (exact) mass is 357 g/mol. The molecule has 0 radical (unpaired) electrons. The summed E-state index contributed by atoms with van der Waals surface area (Å²) in [6.07, 6.45) is 0. The van der Waals surface area contributed by atoms with Gasteiger partial charge >= 0.3 is 6.03 Å². The van der Waals surface area contributed by atoms with Crippen molar-refractivity contribution in [2.24, 2.45) is 0 Å². The smallest absolute Gasteiger partial charge is 0.321 e. The van der Waals surface area contributed by atoms with Gasteiger partial charge in [0, 0.05) is 38.4 Å². The summed E-state index contributed by atoms with van der Waals surface area (Å²) in [5.74, 6) is 0.519. The number of hydrogen-bond donors (Lipinski definition) is 1. The van der Waals surface area contributed by atoms with E-state index in [-0.39, 0.29) is 11.8 Å². The van der Waals surface area contributed by atoms with Gasteiger partial charge in [0.25, 0.3) is 0 Å². The Balaban J connectivity index is 1.41. The number of urea groups is 1. The second kappa shape index (κ2) is 8.67. The minimum atomic E-state index is -0.353. The van der Waals surface area contributed by atoms with Gasteiger partial charge in [-0.3, -0.25) is 4.90 Å². The van der Waals surface area contributed by atoms with Crippen molar-refractivity contribution in [3.8, 4) is 5.75 Å². The number of anilines is 1. The molecule has 0 saturated carbocycles. The third-order valence-electron chi connectivity index (χ3n) is 4.52. The van der Waals surface area contributed by atoms with Crippen LogP contribution in [0, 0.1) is 12.7 Å². The first-order valence-corrected chi connectivity index (χ1v) is 8.84. The Labute approximate surface area is 153 Å².